The molecule has 1 N–H and O–H groups in total. The zero-order chi connectivity index (χ0) is 16.6. The van der Waals surface area contributed by atoms with Crippen molar-refractivity contribution in [3.8, 4) is 5.75 Å². The lowest BCUT2D eigenvalue weighted by Crippen LogP contribution is -2.32. The van der Waals surface area contributed by atoms with E-state index in [1.807, 2.05) is 13.8 Å². The third-order valence-corrected chi connectivity index (χ3v) is 4.62. The molecule has 22 heavy (non-hydrogen) atoms. The molecule has 0 unspecified atom stereocenters. The summed E-state index contributed by atoms with van der Waals surface area (Å²) in [6.07, 6.45) is -0.315. The number of hydrogen-bond acceptors (Lipinski definition) is 5. The number of amides is 1. The van der Waals surface area contributed by atoms with Crippen LogP contribution in [0.2, 0.25) is 0 Å². The second-order valence-electron chi connectivity index (χ2n) is 4.94. The molecule has 0 saturated carbocycles. The molecule has 124 valence electrons. The van der Waals surface area contributed by atoms with E-state index >= 15 is 0 Å². The highest BCUT2D eigenvalue weighted by atomic mass is 31.2. The molecule has 6 nitrogen and oxygen atoms in total. The van der Waals surface area contributed by atoms with E-state index in [4.69, 9.17) is 13.8 Å². The molecular formula is C15H24NO5P. The lowest BCUT2D eigenvalue weighted by atomic mass is 10.2. The van der Waals surface area contributed by atoms with Gasteiger partial charge in [-0.3, -0.25) is 4.57 Å². The average molecular weight is 329 g/mol. The highest BCUT2D eigenvalue weighted by molar-refractivity contribution is 7.53. The largest absolute Gasteiger partial charge is 0.412 e. The number of benzene rings is 1. The minimum Gasteiger partial charge on any atom is -0.410 e. The van der Waals surface area contributed by atoms with E-state index in [0.29, 0.717) is 19.0 Å². The minimum absolute atomic E-state index is 0.00929. The maximum absolute atomic E-state index is 12.4. The molecule has 1 rings (SSSR count). The summed E-state index contributed by atoms with van der Waals surface area (Å²) < 4.78 is 28.1. The number of rotatable bonds is 8. The highest BCUT2D eigenvalue weighted by Gasteiger charge is 2.23. The molecule has 7 heteroatoms. The maximum atomic E-state index is 12.4. The first-order chi connectivity index (χ1) is 10.4. The van der Waals surface area contributed by atoms with E-state index < -0.39 is 13.7 Å². The molecule has 0 radical (unpaired) electrons. The van der Waals surface area contributed by atoms with Crippen LogP contribution >= 0.6 is 7.60 Å². The fourth-order valence-electron chi connectivity index (χ4n) is 1.78. The van der Waals surface area contributed by atoms with E-state index in [0.717, 1.165) is 5.56 Å². The van der Waals surface area contributed by atoms with Gasteiger partial charge in [0.25, 0.3) is 0 Å². The Hall–Kier alpha value is -1.36. The molecule has 0 bridgehead atoms. The van der Waals surface area contributed by atoms with Gasteiger partial charge in [0, 0.05) is 6.04 Å². The smallest absolute Gasteiger partial charge is 0.410 e. The normalized spacial score (nSPS) is 11.5. The van der Waals surface area contributed by atoms with Crippen LogP contribution in [0.15, 0.2) is 24.3 Å². The number of carbonyl (C=O) groups is 1. The van der Waals surface area contributed by atoms with Crippen molar-refractivity contribution < 1.29 is 23.1 Å². The van der Waals surface area contributed by atoms with Gasteiger partial charge in [0.15, 0.2) is 0 Å². The number of carbonyl (C=O) groups excluding carboxylic acids is 1. The second kappa shape index (κ2) is 8.93. The topological polar surface area (TPSA) is 73.9 Å². The van der Waals surface area contributed by atoms with Crippen molar-refractivity contribution in [1.29, 1.82) is 0 Å². The molecular weight excluding hydrogens is 305 g/mol. The van der Waals surface area contributed by atoms with Crippen LogP contribution in [0.3, 0.4) is 0 Å². The van der Waals surface area contributed by atoms with Crippen molar-refractivity contribution in [2.75, 3.05) is 13.2 Å². The first-order valence-electron chi connectivity index (χ1n) is 7.34. The van der Waals surface area contributed by atoms with Crippen molar-refractivity contribution in [3.63, 3.8) is 0 Å². The third-order valence-electron chi connectivity index (χ3n) is 2.57. The SMILES string of the molecule is CCOP(=O)(Cc1ccc(OC(=O)NC(C)C)cc1)OCC. The first-order valence-corrected chi connectivity index (χ1v) is 9.06. The first kappa shape index (κ1) is 18.7. The standard InChI is InChI=1S/C15H24NO5P/c1-5-19-22(18,20-6-2)11-13-7-9-14(10-8-13)21-15(17)16-12(3)4/h7-10,12H,5-6,11H2,1-4H3,(H,16,17). The van der Waals surface area contributed by atoms with Gasteiger partial charge < -0.3 is 19.1 Å². The molecule has 0 heterocycles. The molecule has 1 aromatic rings. The number of ether oxygens (including phenoxy) is 1. The van der Waals surface area contributed by atoms with E-state index in [1.165, 1.54) is 0 Å². The Kier molecular flexibility index (Phi) is 7.59. The molecule has 0 aliphatic heterocycles. The molecule has 0 atom stereocenters. The molecule has 1 aromatic carbocycles. The Labute approximate surface area is 131 Å². The van der Waals surface area contributed by atoms with Crippen molar-refractivity contribution in [2.24, 2.45) is 0 Å². The van der Waals surface area contributed by atoms with Crippen LogP contribution in [0.25, 0.3) is 0 Å². The van der Waals surface area contributed by atoms with E-state index in [1.54, 1.807) is 38.1 Å². The molecule has 0 aliphatic carbocycles. The Morgan fingerprint density at radius 3 is 2.14 bits per heavy atom. The second-order valence-corrected chi connectivity index (χ2v) is 6.99. The summed E-state index contributed by atoms with van der Waals surface area (Å²) >= 11 is 0. The summed E-state index contributed by atoms with van der Waals surface area (Å²) in [5, 5.41) is 2.63. The average Bonchev–Trinajstić information content (AvgIpc) is 2.40. The van der Waals surface area contributed by atoms with Crippen molar-refractivity contribution in [3.05, 3.63) is 29.8 Å². The summed E-state index contributed by atoms with van der Waals surface area (Å²) in [6, 6.07) is 6.79. The van der Waals surface area contributed by atoms with Gasteiger partial charge in [-0.05, 0) is 45.4 Å². The third kappa shape index (κ3) is 6.60. The number of nitrogens with one attached hydrogen (secondary N) is 1. The number of hydrogen-bond donors (Lipinski definition) is 1. The zero-order valence-corrected chi connectivity index (χ0v) is 14.4. The van der Waals surface area contributed by atoms with Gasteiger partial charge in [-0.25, -0.2) is 4.79 Å². The van der Waals surface area contributed by atoms with Crippen LogP contribution in [0.1, 0.15) is 33.3 Å². The summed E-state index contributed by atoms with van der Waals surface area (Å²) in [5.41, 5.74) is 0.793. The van der Waals surface area contributed by atoms with E-state index in [-0.39, 0.29) is 12.2 Å². The molecule has 0 spiro atoms. The van der Waals surface area contributed by atoms with Gasteiger partial charge in [-0.15, -0.1) is 0 Å². The van der Waals surface area contributed by atoms with E-state index in [2.05, 4.69) is 5.32 Å². The summed E-state index contributed by atoms with van der Waals surface area (Å²) in [7, 11) is -3.12. The van der Waals surface area contributed by atoms with Crippen molar-refractivity contribution >= 4 is 13.7 Å². The van der Waals surface area contributed by atoms with Crippen molar-refractivity contribution in [2.45, 2.75) is 39.9 Å². The van der Waals surface area contributed by atoms with Crippen LogP contribution in [0, 0.1) is 0 Å². The van der Waals surface area contributed by atoms with Gasteiger partial charge in [-0.2, -0.15) is 0 Å². The molecule has 0 saturated heterocycles. The quantitative estimate of drug-likeness (QED) is 0.731. The summed E-state index contributed by atoms with van der Waals surface area (Å²) in [4.78, 5) is 11.5. The molecule has 0 aliphatic rings. The fraction of sp³-hybridized carbons (Fsp3) is 0.533. The lowest BCUT2D eigenvalue weighted by molar-refractivity contribution is 0.197. The van der Waals surface area contributed by atoms with Crippen LogP contribution in [-0.4, -0.2) is 25.3 Å². The predicted molar refractivity (Wildman–Crippen MR) is 85.3 cm³/mol. The zero-order valence-electron chi connectivity index (χ0n) is 13.5. The fourth-order valence-corrected chi connectivity index (χ4v) is 3.48. The molecule has 1 amide bonds. The summed E-state index contributed by atoms with van der Waals surface area (Å²) in [6.45, 7) is 7.90. The van der Waals surface area contributed by atoms with Crippen LogP contribution < -0.4 is 10.1 Å². The van der Waals surface area contributed by atoms with Gasteiger partial charge in [0.2, 0.25) is 0 Å². The Morgan fingerprint density at radius 1 is 1.14 bits per heavy atom. The maximum Gasteiger partial charge on any atom is 0.412 e. The Balaban J connectivity index is 2.68. The van der Waals surface area contributed by atoms with Gasteiger partial charge in [-0.1, -0.05) is 12.1 Å². The van der Waals surface area contributed by atoms with Crippen LogP contribution in [0.5, 0.6) is 5.75 Å². The van der Waals surface area contributed by atoms with Crippen LogP contribution in [0.4, 0.5) is 4.79 Å². The Morgan fingerprint density at radius 2 is 1.68 bits per heavy atom. The lowest BCUT2D eigenvalue weighted by Gasteiger charge is -2.17. The summed E-state index contributed by atoms with van der Waals surface area (Å²) in [5.74, 6) is 0.421. The Bertz CT molecular complexity index is 505. The van der Waals surface area contributed by atoms with Gasteiger partial charge in [0.05, 0.1) is 19.4 Å². The van der Waals surface area contributed by atoms with Crippen molar-refractivity contribution in [1.82, 2.24) is 5.32 Å². The van der Waals surface area contributed by atoms with Gasteiger partial charge >= 0.3 is 13.7 Å². The minimum atomic E-state index is -3.12. The predicted octanol–water partition coefficient (Wildman–Crippen LogP) is 3.95. The van der Waals surface area contributed by atoms with Crippen LogP contribution in [-0.2, 0) is 19.8 Å². The highest BCUT2D eigenvalue weighted by Crippen LogP contribution is 2.51. The van der Waals surface area contributed by atoms with E-state index in [9.17, 15) is 9.36 Å². The molecule has 0 fully saturated rings. The monoisotopic (exact) mass is 329 g/mol. The van der Waals surface area contributed by atoms with Gasteiger partial charge in [0.1, 0.15) is 5.75 Å². The molecule has 0 aromatic heterocycles.